The van der Waals surface area contributed by atoms with Crippen molar-refractivity contribution < 1.29 is 19.0 Å². The Hall–Kier alpha value is -1.76. The van der Waals surface area contributed by atoms with Crippen LogP contribution in [0.5, 0.6) is 5.88 Å². The Balaban J connectivity index is 1.69. The van der Waals surface area contributed by atoms with E-state index in [4.69, 9.17) is 14.2 Å². The molecule has 0 aliphatic carbocycles. The molecule has 0 radical (unpaired) electrons. The number of fused-ring (bicyclic) bond motifs is 1. The maximum absolute atomic E-state index is 11.8. The largest absolute Gasteiger partial charge is 0.475 e. The third-order valence-electron chi connectivity index (χ3n) is 2.96. The second-order valence-electron chi connectivity index (χ2n) is 6.06. The molecule has 7 heteroatoms. The molecular weight excluding hydrogens is 274 g/mol. The highest BCUT2D eigenvalue weighted by Crippen LogP contribution is 2.17. The van der Waals surface area contributed by atoms with Gasteiger partial charge in [0.1, 0.15) is 18.3 Å². The Morgan fingerprint density at radius 2 is 2.33 bits per heavy atom. The monoisotopic (exact) mass is 297 g/mol. The Bertz CT molecular complexity index is 481. The molecule has 0 saturated heterocycles. The van der Waals surface area contributed by atoms with E-state index in [1.165, 1.54) is 4.90 Å². The molecule has 0 unspecified atom stereocenters. The van der Waals surface area contributed by atoms with Crippen molar-refractivity contribution >= 4 is 6.09 Å². The molecule has 7 nitrogen and oxygen atoms in total. The van der Waals surface area contributed by atoms with Crippen LogP contribution in [0.4, 0.5) is 4.79 Å². The van der Waals surface area contributed by atoms with Gasteiger partial charge in [-0.1, -0.05) is 0 Å². The molecule has 21 heavy (non-hydrogen) atoms. The molecule has 0 aromatic carbocycles. The maximum atomic E-state index is 11.8. The number of ether oxygens (including phenoxy) is 3. The fourth-order valence-electron chi connectivity index (χ4n) is 1.89. The zero-order valence-corrected chi connectivity index (χ0v) is 13.0. The summed E-state index contributed by atoms with van der Waals surface area (Å²) in [6, 6.07) is 1.83. The van der Waals surface area contributed by atoms with Gasteiger partial charge in [0.05, 0.1) is 19.3 Å². The number of carbonyl (C=O) groups excluding carboxylic acids is 1. The van der Waals surface area contributed by atoms with E-state index < -0.39 is 5.60 Å². The van der Waals surface area contributed by atoms with Crippen molar-refractivity contribution in [3.63, 3.8) is 0 Å². The van der Waals surface area contributed by atoms with Crippen LogP contribution in [0.15, 0.2) is 12.3 Å². The summed E-state index contributed by atoms with van der Waals surface area (Å²) >= 11 is 0. The number of aromatic nitrogens is 2. The van der Waals surface area contributed by atoms with E-state index in [1.54, 1.807) is 17.9 Å². The molecule has 1 atom stereocenters. The van der Waals surface area contributed by atoms with E-state index in [-0.39, 0.29) is 12.2 Å². The topological polar surface area (TPSA) is 65.8 Å². The minimum Gasteiger partial charge on any atom is -0.475 e. The number of likely N-dealkylation sites (N-methyl/N-ethyl adjacent to an activating group) is 1. The summed E-state index contributed by atoms with van der Waals surface area (Å²) in [5.74, 6) is 0.765. The molecule has 0 spiro atoms. The third-order valence-corrected chi connectivity index (χ3v) is 2.96. The normalized spacial score (nSPS) is 17.8. The molecule has 1 aliphatic heterocycles. The first-order chi connectivity index (χ1) is 9.85. The Labute approximate surface area is 124 Å². The van der Waals surface area contributed by atoms with Gasteiger partial charge in [0.25, 0.3) is 0 Å². The number of amides is 1. The number of hydrogen-bond acceptors (Lipinski definition) is 5. The second-order valence-corrected chi connectivity index (χ2v) is 6.06. The molecule has 1 aromatic rings. The van der Waals surface area contributed by atoms with Gasteiger partial charge >= 0.3 is 6.09 Å². The van der Waals surface area contributed by atoms with Gasteiger partial charge in [0.2, 0.25) is 5.88 Å². The lowest BCUT2D eigenvalue weighted by Gasteiger charge is -2.27. The van der Waals surface area contributed by atoms with Gasteiger partial charge < -0.3 is 19.1 Å². The zero-order valence-electron chi connectivity index (χ0n) is 13.0. The molecule has 0 fully saturated rings. The lowest BCUT2D eigenvalue weighted by molar-refractivity contribution is -0.0225. The van der Waals surface area contributed by atoms with Crippen LogP contribution >= 0.6 is 0 Å². The minimum absolute atomic E-state index is 0.0514. The number of carbonyl (C=O) groups is 1. The lowest BCUT2D eigenvalue weighted by atomic mass is 10.2. The lowest BCUT2D eigenvalue weighted by Crippen LogP contribution is -2.38. The maximum Gasteiger partial charge on any atom is 0.410 e. The average molecular weight is 297 g/mol. The molecule has 0 bridgehead atoms. The quantitative estimate of drug-likeness (QED) is 0.843. The van der Waals surface area contributed by atoms with Crippen molar-refractivity contribution in [2.45, 2.75) is 39.0 Å². The van der Waals surface area contributed by atoms with E-state index in [0.29, 0.717) is 26.3 Å². The minimum atomic E-state index is -0.486. The SMILES string of the molecule is CN(CCO[C@@H]1COc2ccnn2C1)C(=O)OC(C)(C)C. The molecule has 2 heterocycles. The predicted molar refractivity (Wildman–Crippen MR) is 76.3 cm³/mol. The first kappa shape index (κ1) is 15.6. The summed E-state index contributed by atoms with van der Waals surface area (Å²) in [5.41, 5.74) is -0.486. The van der Waals surface area contributed by atoms with Crippen LogP contribution in [0.3, 0.4) is 0 Å². The zero-order chi connectivity index (χ0) is 15.5. The van der Waals surface area contributed by atoms with Crippen LogP contribution in [0, 0.1) is 0 Å². The van der Waals surface area contributed by atoms with Crippen LogP contribution in [0.2, 0.25) is 0 Å². The Morgan fingerprint density at radius 3 is 3.05 bits per heavy atom. The first-order valence-corrected chi connectivity index (χ1v) is 7.05. The average Bonchev–Trinajstić information content (AvgIpc) is 2.84. The highest BCUT2D eigenvalue weighted by Gasteiger charge is 2.22. The smallest absolute Gasteiger partial charge is 0.410 e. The van der Waals surface area contributed by atoms with E-state index in [0.717, 1.165) is 5.88 Å². The summed E-state index contributed by atoms with van der Waals surface area (Å²) in [6.45, 7) is 7.60. The van der Waals surface area contributed by atoms with Crippen molar-refractivity contribution in [1.82, 2.24) is 14.7 Å². The van der Waals surface area contributed by atoms with E-state index in [1.807, 2.05) is 26.8 Å². The fourth-order valence-corrected chi connectivity index (χ4v) is 1.89. The summed E-state index contributed by atoms with van der Waals surface area (Å²) in [5, 5.41) is 4.15. The molecular formula is C14H23N3O4. The van der Waals surface area contributed by atoms with Gasteiger partial charge in [-0.05, 0) is 20.8 Å². The van der Waals surface area contributed by atoms with Gasteiger partial charge in [0.15, 0.2) is 0 Å². The van der Waals surface area contributed by atoms with Crippen molar-refractivity contribution in [1.29, 1.82) is 0 Å². The van der Waals surface area contributed by atoms with Gasteiger partial charge in [0, 0.05) is 19.7 Å². The van der Waals surface area contributed by atoms with Crippen LogP contribution in [0.25, 0.3) is 0 Å². The molecule has 1 amide bonds. The van der Waals surface area contributed by atoms with Crippen molar-refractivity contribution in [3.8, 4) is 5.88 Å². The van der Waals surface area contributed by atoms with Gasteiger partial charge in [-0.25, -0.2) is 9.48 Å². The fraction of sp³-hybridized carbons (Fsp3) is 0.714. The number of nitrogens with zero attached hydrogens (tertiary/aromatic N) is 3. The predicted octanol–water partition coefficient (Wildman–Crippen LogP) is 1.53. The van der Waals surface area contributed by atoms with Crippen molar-refractivity contribution in [2.75, 3.05) is 26.8 Å². The highest BCUT2D eigenvalue weighted by molar-refractivity contribution is 5.67. The Morgan fingerprint density at radius 1 is 1.57 bits per heavy atom. The van der Waals surface area contributed by atoms with Gasteiger partial charge in [-0.15, -0.1) is 0 Å². The molecule has 2 rings (SSSR count). The molecule has 1 aromatic heterocycles. The van der Waals surface area contributed by atoms with E-state index in [2.05, 4.69) is 5.10 Å². The van der Waals surface area contributed by atoms with Crippen molar-refractivity contribution in [2.24, 2.45) is 0 Å². The van der Waals surface area contributed by atoms with Crippen LogP contribution in [0.1, 0.15) is 20.8 Å². The summed E-state index contributed by atoms with van der Waals surface area (Å²) in [7, 11) is 1.69. The Kier molecular flexibility index (Phi) is 4.72. The van der Waals surface area contributed by atoms with Crippen molar-refractivity contribution in [3.05, 3.63) is 12.3 Å². The third kappa shape index (κ3) is 4.63. The highest BCUT2D eigenvalue weighted by atomic mass is 16.6. The van der Waals surface area contributed by atoms with E-state index in [9.17, 15) is 4.79 Å². The molecule has 1 aliphatic rings. The van der Waals surface area contributed by atoms with Crippen LogP contribution in [-0.2, 0) is 16.0 Å². The van der Waals surface area contributed by atoms with Crippen LogP contribution < -0.4 is 4.74 Å². The summed E-state index contributed by atoms with van der Waals surface area (Å²) in [6.07, 6.45) is 1.30. The number of rotatable bonds is 4. The summed E-state index contributed by atoms with van der Waals surface area (Å²) < 4.78 is 18.3. The summed E-state index contributed by atoms with van der Waals surface area (Å²) in [4.78, 5) is 13.3. The standard InChI is InChI=1S/C14H23N3O4/c1-14(2,3)21-13(18)16(4)7-8-19-11-9-17-12(20-10-11)5-6-15-17/h5-6,11H,7-10H2,1-4H3/t11-/m0/s1. The molecule has 0 saturated carbocycles. The van der Waals surface area contributed by atoms with Gasteiger partial charge in [-0.2, -0.15) is 5.10 Å². The van der Waals surface area contributed by atoms with E-state index >= 15 is 0 Å². The molecule has 0 N–H and O–H groups in total. The number of hydrogen-bond donors (Lipinski definition) is 0. The van der Waals surface area contributed by atoms with Gasteiger partial charge in [-0.3, -0.25) is 0 Å². The van der Waals surface area contributed by atoms with Crippen LogP contribution in [-0.4, -0.2) is 59.3 Å². The second kappa shape index (κ2) is 6.34. The molecule has 118 valence electrons. The first-order valence-electron chi connectivity index (χ1n) is 7.05.